The first-order chi connectivity index (χ1) is 9.13. The Morgan fingerprint density at radius 3 is 1.95 bits per heavy atom. The first kappa shape index (κ1) is 17.8. The Hall–Kier alpha value is -1.16. The monoisotopic (exact) mass is 292 g/mol. The van der Waals surface area contributed by atoms with Crippen LogP contribution in [0.25, 0.3) is 0 Å². The molecule has 0 saturated heterocycles. The lowest BCUT2D eigenvalue weighted by atomic mass is 10.5. The van der Waals surface area contributed by atoms with Gasteiger partial charge in [-0.25, -0.2) is 0 Å². The molecule has 110 valence electrons. The molecule has 0 heterocycles. The van der Waals surface area contributed by atoms with Crippen molar-refractivity contribution in [2.75, 3.05) is 39.3 Å². The maximum atomic E-state index is 11.1. The third-order valence-corrected chi connectivity index (χ3v) is 5.19. The summed E-state index contributed by atoms with van der Waals surface area (Å²) in [7, 11) is 2.26. The van der Waals surface area contributed by atoms with E-state index in [0.717, 1.165) is 24.9 Å². The maximum Gasteiger partial charge on any atom is 0.305 e. The lowest BCUT2D eigenvalue weighted by Gasteiger charge is -2.16. The molecule has 0 aliphatic carbocycles. The van der Waals surface area contributed by atoms with Crippen LogP contribution in [0.1, 0.15) is 19.3 Å². The molecule has 7 heteroatoms. The normalized spacial score (nSPS) is 10.1. The summed E-state index contributed by atoms with van der Waals surface area (Å²) in [6.07, 6.45) is 3.76. The molecule has 0 amide bonds. The van der Waals surface area contributed by atoms with E-state index in [1.165, 1.54) is 14.2 Å². The molecule has 0 aliphatic rings. The van der Waals surface area contributed by atoms with Crippen LogP contribution in [0.2, 0.25) is 0 Å². The summed E-state index contributed by atoms with van der Waals surface area (Å²) in [6, 6.07) is 0. The van der Waals surface area contributed by atoms with E-state index in [4.69, 9.17) is 0 Å². The Morgan fingerprint density at radius 2 is 1.53 bits per heavy atom. The zero-order chi connectivity index (χ0) is 14.5. The molecular formula is C12H21O6P. The molecule has 0 aromatic rings. The zero-order valence-corrected chi connectivity index (χ0v) is 12.3. The predicted molar refractivity (Wildman–Crippen MR) is 71.4 cm³/mol. The third-order valence-electron chi connectivity index (χ3n) is 2.52. The van der Waals surface area contributed by atoms with Gasteiger partial charge >= 0.3 is 11.9 Å². The summed E-state index contributed by atoms with van der Waals surface area (Å²) in [5, 5.41) is 0. The second-order valence-corrected chi connectivity index (χ2v) is 6.50. The van der Waals surface area contributed by atoms with Crippen LogP contribution < -0.4 is 0 Å². The van der Waals surface area contributed by atoms with Crippen LogP contribution in [0.5, 0.6) is 0 Å². The number of carbonyl (C=O) groups is 3. The first-order valence-electron chi connectivity index (χ1n) is 6.05. The van der Waals surface area contributed by atoms with Crippen molar-refractivity contribution in [3.8, 4) is 0 Å². The highest BCUT2D eigenvalue weighted by Gasteiger charge is 2.13. The van der Waals surface area contributed by atoms with E-state index in [1.54, 1.807) is 0 Å². The largest absolute Gasteiger partial charge is 0.469 e. The summed E-state index contributed by atoms with van der Waals surface area (Å²) in [5.41, 5.74) is 0. The second kappa shape index (κ2) is 11.9. The van der Waals surface area contributed by atoms with Crippen LogP contribution in [0.4, 0.5) is 0 Å². The fourth-order valence-electron chi connectivity index (χ4n) is 1.46. The van der Waals surface area contributed by atoms with Crippen molar-refractivity contribution in [3.05, 3.63) is 0 Å². The summed E-state index contributed by atoms with van der Waals surface area (Å²) >= 11 is 0. The minimum absolute atomic E-state index is 0.241. The number of carbonyl (C=O) groups excluding carboxylic acids is 3. The molecule has 0 atom stereocenters. The Kier molecular flexibility index (Phi) is 11.2. The standard InChI is InChI=1S/C12H21O6P/c1-16-11(14)4-8-19(7-3-6-18-10-13)9-5-12(15)17-2/h10H,3-9H2,1-2H3. The van der Waals surface area contributed by atoms with Crippen molar-refractivity contribution in [1.29, 1.82) is 0 Å². The van der Waals surface area contributed by atoms with Crippen molar-refractivity contribution < 1.29 is 28.6 Å². The predicted octanol–water partition coefficient (Wildman–Crippen LogP) is 1.16. The SMILES string of the molecule is COC(=O)CCP(CCCOC=O)CCC(=O)OC. The average Bonchev–Trinajstić information content (AvgIpc) is 2.44. The fraction of sp³-hybridized carbons (Fsp3) is 0.750. The molecule has 0 aliphatic heterocycles. The fourth-order valence-corrected chi connectivity index (χ4v) is 3.70. The van der Waals surface area contributed by atoms with Crippen molar-refractivity contribution in [2.45, 2.75) is 19.3 Å². The maximum absolute atomic E-state index is 11.1. The molecular weight excluding hydrogens is 271 g/mol. The number of ether oxygens (including phenoxy) is 3. The second-order valence-electron chi connectivity index (χ2n) is 3.81. The highest BCUT2D eigenvalue weighted by atomic mass is 31.1. The first-order valence-corrected chi connectivity index (χ1v) is 7.95. The zero-order valence-electron chi connectivity index (χ0n) is 11.4. The van der Waals surface area contributed by atoms with E-state index in [1.807, 2.05) is 0 Å². The molecule has 0 rings (SSSR count). The molecule has 0 unspecified atom stereocenters. The number of esters is 2. The molecule has 19 heavy (non-hydrogen) atoms. The van der Waals surface area contributed by atoms with E-state index >= 15 is 0 Å². The summed E-state index contributed by atoms with van der Waals surface area (Å²) < 4.78 is 13.8. The van der Waals surface area contributed by atoms with E-state index in [-0.39, 0.29) is 11.9 Å². The van der Waals surface area contributed by atoms with E-state index < -0.39 is 7.92 Å². The molecule has 0 aromatic heterocycles. The van der Waals surface area contributed by atoms with Crippen LogP contribution in [0.3, 0.4) is 0 Å². The van der Waals surface area contributed by atoms with Gasteiger partial charge in [0.15, 0.2) is 0 Å². The topological polar surface area (TPSA) is 78.9 Å². The Labute approximate surface area is 114 Å². The van der Waals surface area contributed by atoms with Gasteiger partial charge in [-0.15, -0.1) is 7.92 Å². The van der Waals surface area contributed by atoms with Gasteiger partial charge in [0, 0.05) is 12.8 Å². The van der Waals surface area contributed by atoms with Gasteiger partial charge in [-0.05, 0) is 24.9 Å². The van der Waals surface area contributed by atoms with Gasteiger partial charge in [0.1, 0.15) is 0 Å². The molecule has 0 saturated carbocycles. The van der Waals surface area contributed by atoms with Crippen LogP contribution in [0, 0.1) is 0 Å². The van der Waals surface area contributed by atoms with Crippen molar-refractivity contribution in [3.63, 3.8) is 0 Å². The molecule has 0 spiro atoms. The van der Waals surface area contributed by atoms with Crippen LogP contribution >= 0.6 is 7.92 Å². The third kappa shape index (κ3) is 10.4. The molecule has 0 radical (unpaired) electrons. The van der Waals surface area contributed by atoms with E-state index in [0.29, 0.717) is 25.9 Å². The van der Waals surface area contributed by atoms with Crippen LogP contribution in [-0.4, -0.2) is 57.7 Å². The summed E-state index contributed by atoms with van der Waals surface area (Å²) in [5.74, 6) is -0.482. The number of hydrogen-bond donors (Lipinski definition) is 0. The lowest BCUT2D eigenvalue weighted by molar-refractivity contribution is -0.140. The van der Waals surface area contributed by atoms with Gasteiger partial charge in [-0.3, -0.25) is 14.4 Å². The molecule has 6 nitrogen and oxygen atoms in total. The van der Waals surface area contributed by atoms with Gasteiger partial charge in [0.2, 0.25) is 0 Å². The minimum Gasteiger partial charge on any atom is -0.469 e. The molecule has 0 aromatic carbocycles. The smallest absolute Gasteiger partial charge is 0.305 e. The van der Waals surface area contributed by atoms with Gasteiger partial charge < -0.3 is 14.2 Å². The van der Waals surface area contributed by atoms with Gasteiger partial charge in [0.25, 0.3) is 6.47 Å². The lowest BCUT2D eigenvalue weighted by Crippen LogP contribution is -2.08. The average molecular weight is 292 g/mol. The summed E-state index contributed by atoms with van der Waals surface area (Å²) in [6.45, 7) is 0.796. The Morgan fingerprint density at radius 1 is 1.00 bits per heavy atom. The number of hydrogen-bond acceptors (Lipinski definition) is 6. The van der Waals surface area contributed by atoms with Gasteiger partial charge in [-0.1, -0.05) is 0 Å². The van der Waals surface area contributed by atoms with E-state index in [2.05, 4.69) is 14.2 Å². The molecule has 0 fully saturated rings. The van der Waals surface area contributed by atoms with Crippen molar-refractivity contribution >= 4 is 26.3 Å². The van der Waals surface area contributed by atoms with Crippen LogP contribution in [0.15, 0.2) is 0 Å². The Balaban J connectivity index is 4.01. The Bertz CT molecular complexity index is 261. The molecule has 0 N–H and O–H groups in total. The minimum atomic E-state index is -0.451. The van der Waals surface area contributed by atoms with Crippen molar-refractivity contribution in [1.82, 2.24) is 0 Å². The molecule has 0 bridgehead atoms. The van der Waals surface area contributed by atoms with Gasteiger partial charge in [-0.2, -0.15) is 0 Å². The quantitative estimate of drug-likeness (QED) is 0.187. The number of methoxy groups -OCH3 is 2. The summed E-state index contributed by atoms with van der Waals surface area (Å²) in [4.78, 5) is 32.2. The van der Waals surface area contributed by atoms with E-state index in [9.17, 15) is 14.4 Å². The van der Waals surface area contributed by atoms with Crippen molar-refractivity contribution in [2.24, 2.45) is 0 Å². The highest BCUT2D eigenvalue weighted by molar-refractivity contribution is 7.57. The highest BCUT2D eigenvalue weighted by Crippen LogP contribution is 2.37. The van der Waals surface area contributed by atoms with Crippen LogP contribution in [-0.2, 0) is 28.6 Å². The van der Waals surface area contributed by atoms with Gasteiger partial charge in [0.05, 0.1) is 20.8 Å². The number of rotatable bonds is 11.